The number of nitrogens with one attached hydrogen (secondary N) is 1. The first-order valence-electron chi connectivity index (χ1n) is 5.38. The van der Waals surface area contributed by atoms with Gasteiger partial charge >= 0.3 is 0 Å². The number of thiophene rings is 1. The summed E-state index contributed by atoms with van der Waals surface area (Å²) in [6.07, 6.45) is 3.47. The lowest BCUT2D eigenvalue weighted by molar-refractivity contribution is 0.520. The average Bonchev–Trinajstić information content (AvgIpc) is 2.75. The lowest BCUT2D eigenvalue weighted by atomic mass is 10.1. The highest BCUT2D eigenvalue weighted by atomic mass is 35.5. The summed E-state index contributed by atoms with van der Waals surface area (Å²) in [4.78, 5) is 5.53. The predicted molar refractivity (Wildman–Crippen MR) is 72.1 cm³/mol. The summed E-state index contributed by atoms with van der Waals surface area (Å²) in [5.74, 6) is 5.57. The minimum atomic E-state index is 0.180. The van der Waals surface area contributed by atoms with E-state index >= 15 is 0 Å². The Bertz CT molecular complexity index is 458. The molecule has 0 spiro atoms. The lowest BCUT2D eigenvalue weighted by Crippen LogP contribution is -2.38. The van der Waals surface area contributed by atoms with E-state index in [2.05, 4.69) is 10.4 Å². The van der Waals surface area contributed by atoms with Crippen LogP contribution in [0.1, 0.15) is 10.6 Å². The number of aromatic nitrogens is 1. The van der Waals surface area contributed by atoms with Gasteiger partial charge in [-0.25, -0.2) is 0 Å². The molecule has 1 atom stereocenters. The van der Waals surface area contributed by atoms with Crippen LogP contribution in [-0.2, 0) is 12.8 Å². The van der Waals surface area contributed by atoms with Crippen molar-refractivity contribution in [3.8, 4) is 0 Å². The third-order valence-corrected chi connectivity index (χ3v) is 3.75. The number of nitrogens with two attached hydrogens (primary N) is 1. The maximum Gasteiger partial charge on any atom is 0.0931 e. The highest BCUT2D eigenvalue weighted by Gasteiger charge is 2.10. The molecule has 2 rings (SSSR count). The Labute approximate surface area is 110 Å². The Morgan fingerprint density at radius 3 is 2.76 bits per heavy atom. The first-order valence-corrected chi connectivity index (χ1v) is 6.57. The second-order valence-electron chi connectivity index (χ2n) is 3.80. The van der Waals surface area contributed by atoms with Crippen LogP contribution in [0.2, 0.25) is 4.34 Å². The fourth-order valence-electron chi connectivity index (χ4n) is 1.67. The summed E-state index contributed by atoms with van der Waals surface area (Å²) < 4.78 is 0.814. The molecule has 2 aromatic rings. The van der Waals surface area contributed by atoms with Crippen LogP contribution in [0.3, 0.4) is 0 Å². The molecular weight excluding hydrogens is 254 g/mol. The van der Waals surface area contributed by atoms with Crippen LogP contribution in [0.5, 0.6) is 0 Å². The third kappa shape index (κ3) is 3.78. The SMILES string of the molecule is NNC(Cc1ccccn1)Cc1ccc(Cl)s1. The molecule has 90 valence electrons. The van der Waals surface area contributed by atoms with E-state index in [-0.39, 0.29) is 6.04 Å². The van der Waals surface area contributed by atoms with Crippen LogP contribution >= 0.6 is 22.9 Å². The number of nitrogens with zero attached hydrogens (tertiary/aromatic N) is 1. The summed E-state index contributed by atoms with van der Waals surface area (Å²) in [6, 6.07) is 10.0. The molecule has 0 aliphatic carbocycles. The maximum absolute atomic E-state index is 5.90. The zero-order chi connectivity index (χ0) is 12.1. The normalized spacial score (nSPS) is 12.6. The van der Waals surface area contributed by atoms with Gasteiger partial charge < -0.3 is 0 Å². The fraction of sp³-hybridized carbons (Fsp3) is 0.250. The van der Waals surface area contributed by atoms with Crippen molar-refractivity contribution in [3.63, 3.8) is 0 Å². The van der Waals surface area contributed by atoms with Crippen LogP contribution in [-0.4, -0.2) is 11.0 Å². The second-order valence-corrected chi connectivity index (χ2v) is 5.60. The van der Waals surface area contributed by atoms with Crippen molar-refractivity contribution in [1.82, 2.24) is 10.4 Å². The number of halogens is 1. The van der Waals surface area contributed by atoms with E-state index in [1.54, 1.807) is 17.5 Å². The molecule has 0 saturated heterocycles. The van der Waals surface area contributed by atoms with Gasteiger partial charge in [0.1, 0.15) is 0 Å². The largest absolute Gasteiger partial charge is 0.271 e. The van der Waals surface area contributed by atoms with Crippen molar-refractivity contribution < 1.29 is 0 Å². The predicted octanol–water partition coefficient (Wildman–Crippen LogP) is 2.41. The van der Waals surface area contributed by atoms with Crippen molar-refractivity contribution in [3.05, 3.63) is 51.4 Å². The van der Waals surface area contributed by atoms with E-state index in [0.717, 1.165) is 22.9 Å². The van der Waals surface area contributed by atoms with E-state index in [0.29, 0.717) is 0 Å². The molecule has 3 nitrogen and oxygen atoms in total. The molecule has 1 unspecified atom stereocenters. The van der Waals surface area contributed by atoms with Gasteiger partial charge in [0.2, 0.25) is 0 Å². The minimum absolute atomic E-state index is 0.180. The lowest BCUT2D eigenvalue weighted by Gasteiger charge is -2.14. The summed E-state index contributed by atoms with van der Waals surface area (Å²) in [5, 5.41) is 0. The van der Waals surface area contributed by atoms with Gasteiger partial charge in [0, 0.05) is 29.2 Å². The van der Waals surface area contributed by atoms with Gasteiger partial charge in [-0.1, -0.05) is 17.7 Å². The highest BCUT2D eigenvalue weighted by Crippen LogP contribution is 2.22. The van der Waals surface area contributed by atoms with Gasteiger partial charge in [-0.3, -0.25) is 16.3 Å². The van der Waals surface area contributed by atoms with Crippen LogP contribution in [0, 0.1) is 0 Å². The summed E-state index contributed by atoms with van der Waals surface area (Å²) in [6.45, 7) is 0. The Morgan fingerprint density at radius 2 is 2.18 bits per heavy atom. The van der Waals surface area contributed by atoms with Gasteiger partial charge in [-0.2, -0.15) is 0 Å². The van der Waals surface area contributed by atoms with Crippen molar-refractivity contribution in [2.24, 2.45) is 5.84 Å². The van der Waals surface area contributed by atoms with Gasteiger partial charge in [-0.15, -0.1) is 11.3 Å². The summed E-state index contributed by atoms with van der Waals surface area (Å²) >= 11 is 7.49. The van der Waals surface area contributed by atoms with Crippen LogP contribution in [0.15, 0.2) is 36.5 Å². The standard InChI is InChI=1S/C12H14ClN3S/c13-12-5-4-11(17-12)8-10(16-14)7-9-3-1-2-6-15-9/h1-6,10,16H,7-8,14H2. The fourth-order valence-corrected chi connectivity index (χ4v) is 2.83. The topological polar surface area (TPSA) is 50.9 Å². The summed E-state index contributed by atoms with van der Waals surface area (Å²) in [7, 11) is 0. The number of hydrogen-bond donors (Lipinski definition) is 2. The molecule has 0 saturated carbocycles. The van der Waals surface area contributed by atoms with Crippen LogP contribution in [0.25, 0.3) is 0 Å². The molecule has 2 aromatic heterocycles. The Morgan fingerprint density at radius 1 is 1.29 bits per heavy atom. The van der Waals surface area contributed by atoms with Crippen molar-refractivity contribution in [2.45, 2.75) is 18.9 Å². The molecule has 0 radical (unpaired) electrons. The van der Waals surface area contributed by atoms with Crippen molar-refractivity contribution in [1.29, 1.82) is 0 Å². The van der Waals surface area contributed by atoms with Crippen LogP contribution in [0.4, 0.5) is 0 Å². The van der Waals surface area contributed by atoms with Crippen molar-refractivity contribution >= 4 is 22.9 Å². The molecule has 3 N–H and O–H groups in total. The smallest absolute Gasteiger partial charge is 0.0931 e. The Balaban J connectivity index is 1.98. The molecule has 0 bridgehead atoms. The highest BCUT2D eigenvalue weighted by molar-refractivity contribution is 7.16. The molecule has 0 aliphatic heterocycles. The van der Waals surface area contributed by atoms with Crippen LogP contribution < -0.4 is 11.3 Å². The minimum Gasteiger partial charge on any atom is -0.271 e. The monoisotopic (exact) mass is 267 g/mol. The third-order valence-electron chi connectivity index (χ3n) is 2.49. The summed E-state index contributed by atoms with van der Waals surface area (Å²) in [5.41, 5.74) is 3.87. The number of hydrogen-bond acceptors (Lipinski definition) is 4. The maximum atomic E-state index is 5.90. The number of hydrazine groups is 1. The van der Waals surface area contributed by atoms with Crippen molar-refractivity contribution in [2.75, 3.05) is 0 Å². The average molecular weight is 268 g/mol. The van der Waals surface area contributed by atoms with E-state index in [9.17, 15) is 0 Å². The number of pyridine rings is 1. The first-order chi connectivity index (χ1) is 8.28. The van der Waals surface area contributed by atoms with Gasteiger partial charge in [0.05, 0.1) is 4.34 Å². The number of rotatable bonds is 5. The van der Waals surface area contributed by atoms with E-state index in [1.807, 2.05) is 30.3 Å². The van der Waals surface area contributed by atoms with Gasteiger partial charge in [0.15, 0.2) is 0 Å². The second kappa shape index (κ2) is 6.12. The first kappa shape index (κ1) is 12.5. The molecule has 5 heteroatoms. The Hall–Kier alpha value is -0.940. The quantitative estimate of drug-likeness (QED) is 0.646. The zero-order valence-corrected chi connectivity index (χ0v) is 10.8. The molecule has 2 heterocycles. The molecule has 17 heavy (non-hydrogen) atoms. The van der Waals surface area contributed by atoms with E-state index in [1.165, 1.54) is 4.88 Å². The molecule has 0 aromatic carbocycles. The molecular formula is C12H14ClN3S. The van der Waals surface area contributed by atoms with Gasteiger partial charge in [0.25, 0.3) is 0 Å². The molecule has 0 amide bonds. The zero-order valence-electron chi connectivity index (χ0n) is 9.27. The van der Waals surface area contributed by atoms with E-state index < -0.39 is 0 Å². The Kier molecular flexibility index (Phi) is 4.50. The van der Waals surface area contributed by atoms with Gasteiger partial charge in [-0.05, 0) is 30.7 Å². The van der Waals surface area contributed by atoms with E-state index in [4.69, 9.17) is 17.4 Å². The molecule has 0 aliphatic rings. The molecule has 0 fully saturated rings.